The molecule has 5 fully saturated rings. The van der Waals surface area contributed by atoms with Crippen molar-refractivity contribution >= 4 is 59.7 Å². The van der Waals surface area contributed by atoms with E-state index in [0.29, 0.717) is 142 Å². The molecule has 1 aliphatic carbocycles. The van der Waals surface area contributed by atoms with Crippen molar-refractivity contribution in [2.24, 2.45) is 0 Å². The maximum atomic E-state index is 13.3. The van der Waals surface area contributed by atoms with Crippen LogP contribution < -0.4 is 25.2 Å². The maximum Gasteiger partial charge on any atom is 0.328 e. The highest BCUT2D eigenvalue weighted by atomic mass is 16.5. The van der Waals surface area contributed by atoms with Crippen LogP contribution in [0.15, 0.2) is 36.7 Å². The van der Waals surface area contributed by atoms with Crippen LogP contribution >= 0.6 is 0 Å². The van der Waals surface area contributed by atoms with Crippen LogP contribution in [0.1, 0.15) is 105 Å². The van der Waals surface area contributed by atoms with Crippen LogP contribution in [0.4, 0.5) is 32.9 Å². The Morgan fingerprint density at radius 3 is 1.85 bits per heavy atom. The van der Waals surface area contributed by atoms with Gasteiger partial charge in [0.15, 0.2) is 12.6 Å². The summed E-state index contributed by atoms with van der Waals surface area (Å²) in [6, 6.07) is 11.3. The van der Waals surface area contributed by atoms with Crippen LogP contribution in [0.3, 0.4) is 0 Å². The number of urea groups is 2. The van der Waals surface area contributed by atoms with Crippen molar-refractivity contribution < 1.29 is 38.2 Å². The second-order valence-corrected chi connectivity index (χ2v) is 21.3. The van der Waals surface area contributed by atoms with Crippen molar-refractivity contribution in [2.45, 2.75) is 95.5 Å². The molecule has 7 aliphatic rings. The zero-order valence-electron chi connectivity index (χ0n) is 44.7. The Hall–Kier alpha value is -7.96. The predicted octanol–water partition coefficient (Wildman–Crippen LogP) is 4.18. The van der Waals surface area contributed by atoms with Crippen LogP contribution in [0, 0.1) is 22.7 Å². The Morgan fingerprint density at radius 2 is 1.28 bits per heavy atom. The number of carbonyl (C=O) groups is 6. The van der Waals surface area contributed by atoms with Gasteiger partial charge in [0.05, 0.1) is 31.0 Å². The highest BCUT2D eigenvalue weighted by Gasteiger charge is 2.37. The molecule has 23 nitrogen and oxygen atoms in total. The van der Waals surface area contributed by atoms with Gasteiger partial charge in [0.1, 0.15) is 58.1 Å². The van der Waals surface area contributed by atoms with E-state index in [-0.39, 0.29) is 35.1 Å². The number of anilines is 4. The van der Waals surface area contributed by atoms with Gasteiger partial charge >= 0.3 is 12.1 Å². The molecule has 10 heterocycles. The van der Waals surface area contributed by atoms with E-state index in [1.165, 1.54) is 22.2 Å². The largest absolute Gasteiger partial charge is 0.489 e. The molecule has 2 N–H and O–H groups in total. The number of carbonyl (C=O) groups excluding carboxylic acids is 6. The summed E-state index contributed by atoms with van der Waals surface area (Å²) in [4.78, 5) is 107. The number of fused-ring (bicyclic) bond motifs is 3. The minimum absolute atomic E-state index is 0.0522. The molecule has 1 atom stereocenters. The minimum Gasteiger partial charge on any atom is -0.489 e. The first kappa shape index (κ1) is 54.4. The topological polar surface area (TPSA) is 267 Å². The van der Waals surface area contributed by atoms with E-state index in [0.717, 1.165) is 94.2 Å². The summed E-state index contributed by atoms with van der Waals surface area (Å²) in [5.74, 6) is 2.02. The molecule has 412 valence electrons. The van der Waals surface area contributed by atoms with Crippen LogP contribution in [0.5, 0.6) is 5.75 Å². The maximum absolute atomic E-state index is 13.3. The number of piperazine rings is 2. The predicted molar refractivity (Wildman–Crippen MR) is 289 cm³/mol. The third-order valence-electron chi connectivity index (χ3n) is 15.7. The number of hydrogen-bond donors (Lipinski definition) is 2. The third kappa shape index (κ3) is 12.5. The number of methoxy groups -OCH3 is 1. The van der Waals surface area contributed by atoms with Crippen LogP contribution in [-0.4, -0.2) is 185 Å². The van der Waals surface area contributed by atoms with E-state index in [1.807, 2.05) is 17.0 Å². The van der Waals surface area contributed by atoms with Gasteiger partial charge in [0.25, 0.3) is 0 Å². The smallest absolute Gasteiger partial charge is 0.328 e. The van der Waals surface area contributed by atoms with Crippen LogP contribution in [0.25, 0.3) is 0 Å². The molecule has 0 bridgehead atoms. The molecular formula is C56H65N15O8. The Bertz CT molecular complexity index is 3100. The van der Waals surface area contributed by atoms with Gasteiger partial charge in [-0.15, -0.1) is 0 Å². The molecule has 0 spiro atoms. The van der Waals surface area contributed by atoms with Crippen molar-refractivity contribution in [1.29, 1.82) is 10.5 Å². The minimum atomic E-state index is -0.430. The van der Waals surface area contributed by atoms with Gasteiger partial charge in [0.2, 0.25) is 11.8 Å². The number of nitrogens with zero attached hydrogens (tertiary/aromatic N) is 13. The summed E-state index contributed by atoms with van der Waals surface area (Å²) in [5, 5.41) is 24.4. The zero-order chi connectivity index (χ0) is 55.2. The number of rotatable bonds is 15. The summed E-state index contributed by atoms with van der Waals surface area (Å²) in [6.07, 6.45) is 12.7. The molecule has 6 aliphatic heterocycles. The fourth-order valence-electron chi connectivity index (χ4n) is 11.3. The Kier molecular flexibility index (Phi) is 16.8. The third-order valence-corrected chi connectivity index (χ3v) is 15.7. The van der Waals surface area contributed by atoms with E-state index < -0.39 is 12.1 Å². The molecule has 4 aromatic heterocycles. The average molecular weight is 1080 g/mol. The molecule has 79 heavy (non-hydrogen) atoms. The fraction of sp³-hybridized carbons (Fsp3) is 0.500. The molecule has 4 aromatic rings. The van der Waals surface area contributed by atoms with E-state index in [2.05, 4.69) is 64.5 Å². The molecule has 1 saturated carbocycles. The molecule has 1 unspecified atom stereocenters. The second-order valence-electron chi connectivity index (χ2n) is 21.3. The lowest BCUT2D eigenvalue weighted by atomic mass is 10.0. The molecule has 23 heteroatoms. The van der Waals surface area contributed by atoms with Gasteiger partial charge in [-0.05, 0) is 113 Å². The summed E-state index contributed by atoms with van der Waals surface area (Å²) in [6.45, 7) is 7.92. The fourth-order valence-corrected chi connectivity index (χ4v) is 11.3. The molecule has 11 rings (SSSR count). The van der Waals surface area contributed by atoms with Gasteiger partial charge in [-0.2, -0.15) is 10.5 Å². The van der Waals surface area contributed by atoms with E-state index >= 15 is 0 Å². The van der Waals surface area contributed by atoms with Crippen LogP contribution in [-0.2, 0) is 46.7 Å². The van der Waals surface area contributed by atoms with Crippen molar-refractivity contribution in [1.82, 2.24) is 44.4 Å². The monoisotopic (exact) mass is 1080 g/mol. The number of likely N-dealkylation sites (tertiary alicyclic amines) is 1. The van der Waals surface area contributed by atoms with E-state index in [9.17, 15) is 39.3 Å². The lowest BCUT2D eigenvalue weighted by molar-refractivity contribution is -0.139. The van der Waals surface area contributed by atoms with Crippen molar-refractivity contribution in [3.8, 4) is 17.9 Å². The number of pyridine rings is 4. The second kappa shape index (κ2) is 24.4. The van der Waals surface area contributed by atoms with Crippen molar-refractivity contribution in [3.63, 3.8) is 0 Å². The molecule has 0 radical (unpaired) electrons. The van der Waals surface area contributed by atoms with E-state index in [1.54, 1.807) is 24.1 Å². The summed E-state index contributed by atoms with van der Waals surface area (Å²) in [7, 11) is 3.71. The van der Waals surface area contributed by atoms with Crippen LogP contribution in [0.2, 0.25) is 0 Å². The number of aromatic nitrogens is 4. The normalized spacial score (nSPS) is 19.4. The number of aryl methyl sites for hydroxylation is 3. The van der Waals surface area contributed by atoms with Gasteiger partial charge in [-0.25, -0.2) is 29.5 Å². The molecule has 6 amide bonds. The SMILES string of the molecule is CN1CC(N2CCN(Cc3cc4c(nc3C=O)N(C(=O)Nc3cc(OC5CC5)c(C#N)cn3)CCC4)C(=O)C2)C1.COCCCc1cc(NC(=O)N2CCCc3cc(CN4CC5CCCN5CC4=O)c(C=O)nc32)ncc1C#N. The highest BCUT2D eigenvalue weighted by Crippen LogP contribution is 2.33. The lowest BCUT2D eigenvalue weighted by Crippen LogP contribution is -2.63. The number of aldehydes is 2. The summed E-state index contributed by atoms with van der Waals surface area (Å²) in [5.41, 5.74) is 5.17. The first-order chi connectivity index (χ1) is 38.4. The quantitative estimate of drug-likeness (QED) is 0.125. The zero-order valence-corrected chi connectivity index (χ0v) is 44.7. The average Bonchev–Trinajstić information content (AvgIpc) is 4.22. The Balaban J connectivity index is 0.000000178. The number of likely N-dealkylation sites (N-methyl/N-ethyl adjacent to an activating group) is 1. The van der Waals surface area contributed by atoms with E-state index in [4.69, 9.17) is 9.47 Å². The Labute approximate surface area is 458 Å². The lowest BCUT2D eigenvalue weighted by Gasteiger charge is -2.46. The number of nitrogens with one attached hydrogen (secondary N) is 2. The number of amides is 6. The number of ether oxygens (including phenoxy) is 2. The summed E-state index contributed by atoms with van der Waals surface area (Å²) < 4.78 is 10.9. The standard InChI is InChI=1S/C28H32N8O4.C28H33N7O4/c1-33-14-21(15-33)34-7-8-35(26(38)16-34)13-19-9-18-3-2-6-36(27(18)31-23(19)17-37)28(39)32-25-10-24(40-22-4-5-22)20(11-29)12-30-25;1-39-10-4-6-19-12-25(30-14-22(19)13-29)32-28(38)35-9-2-5-20-11-21(24(18-36)31-27(20)35)15-34-16-23-7-3-8-33(23)17-26(34)37/h9-10,12,17,21-22H,2-8,13-16H2,1H3,(H,30,32,39);11-12,14,18,23H,2-10,15-17H2,1H3,(H,30,32,38). The van der Waals surface area contributed by atoms with Crippen molar-refractivity contribution in [3.05, 3.63) is 87.0 Å². The first-order valence-electron chi connectivity index (χ1n) is 27.2. The molecular weight excluding hydrogens is 1010 g/mol. The van der Waals surface area contributed by atoms with Gasteiger partial charge in [-0.1, -0.05) is 0 Å². The van der Waals surface area contributed by atoms with Gasteiger partial charge in [0, 0.05) is 108 Å². The Morgan fingerprint density at radius 1 is 0.696 bits per heavy atom. The van der Waals surface area contributed by atoms with Gasteiger partial charge < -0.3 is 24.2 Å². The number of nitriles is 2. The number of hydrogen-bond acceptors (Lipinski definition) is 17. The molecule has 4 saturated heterocycles. The highest BCUT2D eigenvalue weighted by molar-refractivity contribution is 6.02. The molecule has 0 aromatic carbocycles. The first-order valence-corrected chi connectivity index (χ1v) is 27.2. The summed E-state index contributed by atoms with van der Waals surface area (Å²) >= 11 is 0. The van der Waals surface area contributed by atoms with Crippen molar-refractivity contribution in [2.75, 3.05) is 107 Å². The van der Waals surface area contributed by atoms with Gasteiger partial charge in [-0.3, -0.25) is 49.4 Å².